The van der Waals surface area contributed by atoms with Gasteiger partial charge in [-0.15, -0.1) is 0 Å². The quantitative estimate of drug-likeness (QED) is 0.592. The molecule has 1 aromatic heterocycles. The Morgan fingerprint density at radius 1 is 1.36 bits per heavy atom. The van der Waals surface area contributed by atoms with Crippen molar-refractivity contribution in [2.45, 2.75) is 39.7 Å². The van der Waals surface area contributed by atoms with E-state index in [0.29, 0.717) is 10.9 Å². The molecule has 1 aromatic carbocycles. The van der Waals surface area contributed by atoms with Gasteiger partial charge >= 0.3 is 5.63 Å². The summed E-state index contributed by atoms with van der Waals surface area (Å²) in [6.07, 6.45) is 0.709. The fourth-order valence-electron chi connectivity index (χ4n) is 2.22. The summed E-state index contributed by atoms with van der Waals surface area (Å²) >= 11 is 0. The minimum Gasteiger partial charge on any atom is -0.504 e. The van der Waals surface area contributed by atoms with E-state index in [4.69, 9.17) is 4.42 Å². The Morgan fingerprint density at radius 2 is 2.05 bits per heavy atom. The van der Waals surface area contributed by atoms with Crippen molar-refractivity contribution < 1.29 is 19.4 Å². The van der Waals surface area contributed by atoms with E-state index in [1.807, 2.05) is 13.8 Å². The van der Waals surface area contributed by atoms with Gasteiger partial charge in [-0.25, -0.2) is 4.79 Å². The van der Waals surface area contributed by atoms with Gasteiger partial charge in [0.15, 0.2) is 11.3 Å². The lowest BCUT2D eigenvalue weighted by Crippen LogP contribution is -2.34. The molecule has 0 aliphatic carbocycles. The number of rotatable bonds is 4. The van der Waals surface area contributed by atoms with E-state index < -0.39 is 11.4 Å². The van der Waals surface area contributed by atoms with Gasteiger partial charge < -0.3 is 19.9 Å². The summed E-state index contributed by atoms with van der Waals surface area (Å²) in [7, 11) is 0. The number of benzene rings is 1. The maximum absolute atomic E-state index is 12.1. The topological polar surface area (TPSA) is 99.8 Å². The van der Waals surface area contributed by atoms with Crippen LogP contribution in [0.5, 0.6) is 11.5 Å². The van der Waals surface area contributed by atoms with Crippen LogP contribution in [-0.2, 0) is 11.2 Å². The highest BCUT2D eigenvalue weighted by atomic mass is 16.4. The molecule has 1 atom stereocenters. The Kier molecular flexibility index (Phi) is 4.40. The third-order valence-corrected chi connectivity index (χ3v) is 3.77. The van der Waals surface area contributed by atoms with Crippen LogP contribution in [0.3, 0.4) is 0 Å². The average Bonchev–Trinajstić information content (AvgIpc) is 2.47. The zero-order chi connectivity index (χ0) is 16.4. The second kappa shape index (κ2) is 6.09. The van der Waals surface area contributed by atoms with Crippen LogP contribution in [0.4, 0.5) is 0 Å². The SMILES string of the molecule is CCC(C)NC(=O)Cc1c(C)c2ccc(O)c(O)c2oc1=O. The summed E-state index contributed by atoms with van der Waals surface area (Å²) in [4.78, 5) is 24.0. The van der Waals surface area contributed by atoms with Crippen molar-refractivity contribution in [3.63, 3.8) is 0 Å². The first kappa shape index (κ1) is 15.9. The Balaban J connectivity index is 2.46. The van der Waals surface area contributed by atoms with E-state index in [1.165, 1.54) is 6.07 Å². The van der Waals surface area contributed by atoms with Crippen LogP contribution in [0.2, 0.25) is 0 Å². The lowest BCUT2D eigenvalue weighted by molar-refractivity contribution is -0.121. The summed E-state index contributed by atoms with van der Waals surface area (Å²) in [6.45, 7) is 5.52. The van der Waals surface area contributed by atoms with E-state index in [0.717, 1.165) is 6.42 Å². The van der Waals surface area contributed by atoms with Crippen LogP contribution in [0.25, 0.3) is 11.0 Å². The number of nitrogens with one attached hydrogen (secondary N) is 1. The summed E-state index contributed by atoms with van der Waals surface area (Å²) in [5.41, 5.74) is 0.0398. The molecule has 0 fully saturated rings. The van der Waals surface area contributed by atoms with E-state index in [1.54, 1.807) is 13.0 Å². The number of aromatic hydroxyl groups is 2. The van der Waals surface area contributed by atoms with Gasteiger partial charge in [-0.05, 0) is 38.0 Å². The maximum atomic E-state index is 12.1. The Morgan fingerprint density at radius 3 is 2.68 bits per heavy atom. The molecule has 118 valence electrons. The van der Waals surface area contributed by atoms with Crippen LogP contribution < -0.4 is 10.9 Å². The fourth-order valence-corrected chi connectivity index (χ4v) is 2.22. The molecule has 2 aromatic rings. The molecule has 1 amide bonds. The van der Waals surface area contributed by atoms with Crippen LogP contribution in [0, 0.1) is 6.92 Å². The second-order valence-corrected chi connectivity index (χ2v) is 5.36. The lowest BCUT2D eigenvalue weighted by atomic mass is 10.0. The Labute approximate surface area is 127 Å². The maximum Gasteiger partial charge on any atom is 0.340 e. The molecule has 2 rings (SSSR count). The summed E-state index contributed by atoms with van der Waals surface area (Å²) in [5, 5.41) is 22.5. The molecule has 0 spiro atoms. The molecular weight excluding hydrogens is 286 g/mol. The minimum atomic E-state index is -0.690. The molecule has 0 bridgehead atoms. The highest BCUT2D eigenvalue weighted by Gasteiger charge is 2.18. The molecule has 0 saturated carbocycles. The van der Waals surface area contributed by atoms with Crippen LogP contribution in [0.1, 0.15) is 31.4 Å². The number of phenolic OH excluding ortho intramolecular Hbond substituents is 2. The Hall–Kier alpha value is -2.50. The van der Waals surface area contributed by atoms with Gasteiger partial charge in [0, 0.05) is 11.4 Å². The standard InChI is InChI=1S/C16H19NO5/c1-4-8(2)17-13(19)7-11-9(3)10-5-6-12(18)14(20)15(10)22-16(11)21/h5-6,8,18,20H,4,7H2,1-3H3,(H,17,19). The van der Waals surface area contributed by atoms with Gasteiger partial charge in [0.2, 0.25) is 11.7 Å². The normalized spacial score (nSPS) is 12.3. The van der Waals surface area contributed by atoms with Crippen molar-refractivity contribution in [3.05, 3.63) is 33.7 Å². The molecule has 0 aliphatic heterocycles. The lowest BCUT2D eigenvalue weighted by Gasteiger charge is -2.12. The van der Waals surface area contributed by atoms with E-state index >= 15 is 0 Å². The summed E-state index contributed by atoms with van der Waals surface area (Å²) in [6, 6.07) is 2.88. The number of aryl methyl sites for hydroxylation is 1. The summed E-state index contributed by atoms with van der Waals surface area (Å²) in [5.74, 6) is -1.10. The number of phenols is 2. The molecule has 6 heteroatoms. The molecule has 22 heavy (non-hydrogen) atoms. The van der Waals surface area contributed by atoms with Crippen molar-refractivity contribution in [1.29, 1.82) is 0 Å². The third kappa shape index (κ3) is 2.90. The molecule has 1 heterocycles. The Bertz CT molecular complexity index is 778. The monoisotopic (exact) mass is 305 g/mol. The first-order valence-electron chi connectivity index (χ1n) is 7.11. The molecule has 3 N–H and O–H groups in total. The first-order valence-corrected chi connectivity index (χ1v) is 7.11. The summed E-state index contributed by atoms with van der Waals surface area (Å²) < 4.78 is 5.07. The van der Waals surface area contributed by atoms with Gasteiger partial charge in [-0.1, -0.05) is 6.92 Å². The average molecular weight is 305 g/mol. The molecular formula is C16H19NO5. The molecule has 0 radical (unpaired) electrons. The van der Waals surface area contributed by atoms with Crippen molar-refractivity contribution in [1.82, 2.24) is 5.32 Å². The number of fused-ring (bicyclic) bond motifs is 1. The van der Waals surface area contributed by atoms with Crippen molar-refractivity contribution in [2.24, 2.45) is 0 Å². The van der Waals surface area contributed by atoms with Crippen LogP contribution in [-0.4, -0.2) is 22.2 Å². The molecule has 1 unspecified atom stereocenters. The van der Waals surface area contributed by atoms with Gasteiger partial charge in [0.1, 0.15) is 0 Å². The first-order chi connectivity index (χ1) is 10.3. The molecule has 6 nitrogen and oxygen atoms in total. The van der Waals surface area contributed by atoms with Crippen molar-refractivity contribution in [2.75, 3.05) is 0 Å². The van der Waals surface area contributed by atoms with E-state index in [-0.39, 0.29) is 35.3 Å². The highest BCUT2D eigenvalue weighted by molar-refractivity contribution is 5.89. The highest BCUT2D eigenvalue weighted by Crippen LogP contribution is 2.34. The van der Waals surface area contributed by atoms with Gasteiger partial charge in [0.05, 0.1) is 12.0 Å². The van der Waals surface area contributed by atoms with Gasteiger partial charge in [-0.2, -0.15) is 0 Å². The zero-order valence-corrected chi connectivity index (χ0v) is 12.8. The van der Waals surface area contributed by atoms with Crippen LogP contribution >= 0.6 is 0 Å². The van der Waals surface area contributed by atoms with E-state index in [2.05, 4.69) is 5.32 Å². The number of carbonyl (C=O) groups is 1. The van der Waals surface area contributed by atoms with Gasteiger partial charge in [0.25, 0.3) is 0 Å². The third-order valence-electron chi connectivity index (χ3n) is 3.77. The fraction of sp³-hybridized carbons (Fsp3) is 0.375. The predicted octanol–water partition coefficient (Wildman–Crippen LogP) is 1.97. The molecule has 0 aliphatic rings. The van der Waals surface area contributed by atoms with Crippen LogP contribution in [0.15, 0.2) is 21.3 Å². The zero-order valence-electron chi connectivity index (χ0n) is 12.8. The number of amides is 1. The van der Waals surface area contributed by atoms with Crippen molar-refractivity contribution >= 4 is 16.9 Å². The number of hydrogen-bond acceptors (Lipinski definition) is 5. The minimum absolute atomic E-state index is 0.0290. The van der Waals surface area contributed by atoms with Gasteiger partial charge in [-0.3, -0.25) is 4.79 Å². The number of hydrogen-bond donors (Lipinski definition) is 3. The van der Waals surface area contributed by atoms with E-state index in [9.17, 15) is 19.8 Å². The largest absolute Gasteiger partial charge is 0.504 e. The number of carbonyl (C=O) groups excluding carboxylic acids is 1. The predicted molar refractivity (Wildman–Crippen MR) is 82.2 cm³/mol. The smallest absolute Gasteiger partial charge is 0.340 e. The molecule has 0 saturated heterocycles. The van der Waals surface area contributed by atoms with Crippen molar-refractivity contribution in [3.8, 4) is 11.5 Å². The second-order valence-electron chi connectivity index (χ2n) is 5.36.